The molecule has 0 aliphatic heterocycles. The lowest BCUT2D eigenvalue weighted by Crippen LogP contribution is -2.40. The average molecular weight is 240 g/mol. The van der Waals surface area contributed by atoms with Crippen molar-refractivity contribution in [3.8, 4) is 0 Å². The highest BCUT2D eigenvalue weighted by Gasteiger charge is 2.46. The predicted molar refractivity (Wildman–Crippen MR) is 62.2 cm³/mol. The summed E-state index contributed by atoms with van der Waals surface area (Å²) in [6.45, 7) is 1.46. The SMILES string of the molecule is CC(O)C(=O)NC1(c2cccc(Cl)c2)CC1. The Morgan fingerprint density at radius 3 is 2.75 bits per heavy atom. The van der Waals surface area contributed by atoms with E-state index in [0.29, 0.717) is 5.02 Å². The zero-order chi connectivity index (χ0) is 11.8. The van der Waals surface area contributed by atoms with Gasteiger partial charge in [-0.25, -0.2) is 0 Å². The van der Waals surface area contributed by atoms with Gasteiger partial charge in [-0.05, 0) is 37.5 Å². The molecule has 1 saturated carbocycles. The van der Waals surface area contributed by atoms with Crippen LogP contribution in [0.2, 0.25) is 5.02 Å². The summed E-state index contributed by atoms with van der Waals surface area (Å²) in [5.74, 6) is -0.336. The standard InChI is InChI=1S/C12H14ClNO2/c1-8(15)11(16)14-12(5-6-12)9-3-2-4-10(13)7-9/h2-4,7-8,15H,5-6H2,1H3,(H,14,16). The fraction of sp³-hybridized carbons (Fsp3) is 0.417. The van der Waals surface area contributed by atoms with E-state index in [-0.39, 0.29) is 11.4 Å². The third-order valence-corrected chi connectivity index (χ3v) is 3.10. The number of hydrogen-bond acceptors (Lipinski definition) is 2. The molecule has 1 aromatic rings. The van der Waals surface area contributed by atoms with E-state index >= 15 is 0 Å². The van der Waals surface area contributed by atoms with Crippen molar-refractivity contribution in [3.05, 3.63) is 34.9 Å². The lowest BCUT2D eigenvalue weighted by molar-refractivity contribution is -0.129. The van der Waals surface area contributed by atoms with Crippen molar-refractivity contribution in [1.82, 2.24) is 5.32 Å². The molecule has 86 valence electrons. The van der Waals surface area contributed by atoms with Gasteiger partial charge in [0.25, 0.3) is 0 Å². The van der Waals surface area contributed by atoms with Gasteiger partial charge in [0.15, 0.2) is 0 Å². The molecule has 0 heterocycles. The first-order valence-corrected chi connectivity index (χ1v) is 5.67. The van der Waals surface area contributed by atoms with Crippen LogP contribution in [0.15, 0.2) is 24.3 Å². The van der Waals surface area contributed by atoms with Gasteiger partial charge in [-0.15, -0.1) is 0 Å². The molecule has 1 aliphatic carbocycles. The predicted octanol–water partition coefficient (Wildman–Crippen LogP) is 1.83. The van der Waals surface area contributed by atoms with Crippen LogP contribution < -0.4 is 5.32 Å². The topological polar surface area (TPSA) is 49.3 Å². The van der Waals surface area contributed by atoms with Crippen LogP contribution >= 0.6 is 11.6 Å². The summed E-state index contributed by atoms with van der Waals surface area (Å²) in [5, 5.41) is 12.7. The number of nitrogens with one attached hydrogen (secondary N) is 1. The summed E-state index contributed by atoms with van der Waals surface area (Å²) >= 11 is 5.92. The number of carbonyl (C=O) groups excluding carboxylic acids is 1. The van der Waals surface area contributed by atoms with Crippen LogP contribution in [0, 0.1) is 0 Å². The molecule has 1 unspecified atom stereocenters. The van der Waals surface area contributed by atoms with E-state index in [4.69, 9.17) is 11.6 Å². The molecular weight excluding hydrogens is 226 g/mol. The van der Waals surface area contributed by atoms with E-state index in [1.165, 1.54) is 6.92 Å². The molecule has 0 aromatic heterocycles. The highest BCUT2D eigenvalue weighted by Crippen LogP contribution is 2.45. The molecule has 1 aliphatic rings. The Hall–Kier alpha value is -1.06. The second kappa shape index (κ2) is 4.07. The highest BCUT2D eigenvalue weighted by atomic mass is 35.5. The number of rotatable bonds is 3. The minimum absolute atomic E-state index is 0.307. The molecule has 3 nitrogen and oxygen atoms in total. The van der Waals surface area contributed by atoms with E-state index in [2.05, 4.69) is 5.32 Å². The second-order valence-electron chi connectivity index (χ2n) is 4.26. The van der Waals surface area contributed by atoms with Crippen molar-refractivity contribution >= 4 is 17.5 Å². The van der Waals surface area contributed by atoms with Gasteiger partial charge in [-0.1, -0.05) is 23.7 Å². The summed E-state index contributed by atoms with van der Waals surface area (Å²) in [4.78, 5) is 11.5. The zero-order valence-electron chi connectivity index (χ0n) is 9.03. The third-order valence-electron chi connectivity index (χ3n) is 2.87. The van der Waals surface area contributed by atoms with E-state index in [0.717, 1.165) is 18.4 Å². The van der Waals surface area contributed by atoms with Gasteiger partial charge in [0, 0.05) is 5.02 Å². The summed E-state index contributed by atoms with van der Waals surface area (Å²) in [6.07, 6.45) is 0.814. The van der Waals surface area contributed by atoms with Gasteiger partial charge in [0.2, 0.25) is 5.91 Å². The lowest BCUT2D eigenvalue weighted by Gasteiger charge is -2.19. The van der Waals surface area contributed by atoms with Gasteiger partial charge in [-0.3, -0.25) is 4.79 Å². The van der Waals surface area contributed by atoms with E-state index in [1.54, 1.807) is 6.07 Å². The molecule has 16 heavy (non-hydrogen) atoms. The van der Waals surface area contributed by atoms with E-state index in [9.17, 15) is 9.90 Å². The Bertz CT molecular complexity index is 413. The molecule has 1 fully saturated rings. The van der Waals surface area contributed by atoms with Gasteiger partial charge in [-0.2, -0.15) is 0 Å². The first-order chi connectivity index (χ1) is 7.53. The number of benzene rings is 1. The molecule has 1 amide bonds. The molecule has 1 aromatic carbocycles. The van der Waals surface area contributed by atoms with Crippen LogP contribution in [-0.4, -0.2) is 17.1 Å². The van der Waals surface area contributed by atoms with Crippen molar-refractivity contribution < 1.29 is 9.90 Å². The quantitative estimate of drug-likeness (QED) is 0.846. The molecule has 0 spiro atoms. The Kier molecular flexibility index (Phi) is 2.91. The van der Waals surface area contributed by atoms with Crippen molar-refractivity contribution in [2.75, 3.05) is 0 Å². The minimum atomic E-state index is -0.975. The smallest absolute Gasteiger partial charge is 0.249 e. The van der Waals surface area contributed by atoms with Crippen LogP contribution in [0.25, 0.3) is 0 Å². The third kappa shape index (κ3) is 2.20. The molecule has 1 atom stereocenters. The number of carbonyl (C=O) groups is 1. The van der Waals surface area contributed by atoms with Crippen LogP contribution in [0.5, 0.6) is 0 Å². The fourth-order valence-corrected chi connectivity index (χ4v) is 1.93. The summed E-state index contributed by atoms with van der Waals surface area (Å²) < 4.78 is 0. The average Bonchev–Trinajstić information content (AvgIpc) is 2.99. The van der Waals surface area contributed by atoms with E-state index in [1.807, 2.05) is 18.2 Å². The maximum absolute atomic E-state index is 11.5. The molecule has 2 rings (SSSR count). The second-order valence-corrected chi connectivity index (χ2v) is 4.69. The van der Waals surface area contributed by atoms with Crippen molar-refractivity contribution in [3.63, 3.8) is 0 Å². The Labute approximate surface area is 99.4 Å². The van der Waals surface area contributed by atoms with Crippen LogP contribution in [0.4, 0.5) is 0 Å². The Morgan fingerprint density at radius 2 is 2.25 bits per heavy atom. The summed E-state index contributed by atoms with van der Waals surface area (Å²) in [6, 6.07) is 7.47. The summed E-state index contributed by atoms with van der Waals surface area (Å²) in [7, 11) is 0. The normalized spacial score (nSPS) is 18.9. The van der Waals surface area contributed by atoms with Crippen molar-refractivity contribution in [2.24, 2.45) is 0 Å². The molecule has 0 radical (unpaired) electrons. The van der Waals surface area contributed by atoms with Crippen LogP contribution in [0.3, 0.4) is 0 Å². The summed E-state index contributed by atoms with van der Waals surface area (Å²) in [5.41, 5.74) is 0.702. The Balaban J connectivity index is 2.17. The molecular formula is C12H14ClNO2. The number of aliphatic hydroxyl groups excluding tert-OH is 1. The number of amides is 1. The minimum Gasteiger partial charge on any atom is -0.384 e. The highest BCUT2D eigenvalue weighted by molar-refractivity contribution is 6.30. The van der Waals surface area contributed by atoms with Gasteiger partial charge < -0.3 is 10.4 Å². The lowest BCUT2D eigenvalue weighted by atomic mass is 10.0. The van der Waals surface area contributed by atoms with Gasteiger partial charge in [0.05, 0.1) is 5.54 Å². The molecule has 2 N–H and O–H groups in total. The largest absolute Gasteiger partial charge is 0.384 e. The maximum atomic E-state index is 11.5. The van der Waals surface area contributed by atoms with Gasteiger partial charge >= 0.3 is 0 Å². The number of aliphatic hydroxyl groups is 1. The molecule has 4 heteroatoms. The van der Waals surface area contributed by atoms with Crippen molar-refractivity contribution in [1.29, 1.82) is 0 Å². The first kappa shape index (κ1) is 11.4. The molecule has 0 bridgehead atoms. The molecule has 0 saturated heterocycles. The van der Waals surface area contributed by atoms with Gasteiger partial charge in [0.1, 0.15) is 6.10 Å². The monoisotopic (exact) mass is 239 g/mol. The van der Waals surface area contributed by atoms with E-state index < -0.39 is 6.10 Å². The first-order valence-electron chi connectivity index (χ1n) is 5.30. The van der Waals surface area contributed by atoms with Crippen LogP contribution in [0.1, 0.15) is 25.3 Å². The number of halogens is 1. The Morgan fingerprint density at radius 1 is 1.56 bits per heavy atom. The fourth-order valence-electron chi connectivity index (χ4n) is 1.74. The maximum Gasteiger partial charge on any atom is 0.249 e. The number of hydrogen-bond donors (Lipinski definition) is 2. The van der Waals surface area contributed by atoms with Crippen LogP contribution in [-0.2, 0) is 10.3 Å². The zero-order valence-corrected chi connectivity index (χ0v) is 9.79. The van der Waals surface area contributed by atoms with Crippen molar-refractivity contribution in [2.45, 2.75) is 31.4 Å².